The number of rotatable bonds is 3. The summed E-state index contributed by atoms with van der Waals surface area (Å²) in [5.74, 6) is 2.30. The van der Waals surface area contributed by atoms with Crippen molar-refractivity contribution in [3.8, 4) is 0 Å². The molecule has 1 N–H and O–H groups in total. The van der Waals surface area contributed by atoms with Gasteiger partial charge in [-0.2, -0.15) is 0 Å². The second kappa shape index (κ2) is 5.44. The van der Waals surface area contributed by atoms with Crippen molar-refractivity contribution in [1.82, 2.24) is 9.97 Å². The van der Waals surface area contributed by atoms with Crippen molar-refractivity contribution in [3.63, 3.8) is 0 Å². The minimum atomic E-state index is -0.194. The quantitative estimate of drug-likeness (QED) is 0.928. The second-order valence-electron chi connectivity index (χ2n) is 7.34. The van der Waals surface area contributed by atoms with Crippen LogP contribution in [-0.2, 0) is 4.74 Å². The summed E-state index contributed by atoms with van der Waals surface area (Å²) in [5, 5.41) is 3.19. The summed E-state index contributed by atoms with van der Waals surface area (Å²) in [5.41, 5.74) is 0.787. The van der Waals surface area contributed by atoms with Crippen LogP contribution in [0.5, 0.6) is 0 Å². The molecule has 5 heteroatoms. The predicted molar refractivity (Wildman–Crippen MR) is 87.1 cm³/mol. The summed E-state index contributed by atoms with van der Waals surface area (Å²) < 4.78 is 6.17. The minimum absolute atomic E-state index is 0.194. The third-order valence-electron chi connectivity index (χ3n) is 3.67. The van der Waals surface area contributed by atoms with E-state index in [9.17, 15) is 0 Å². The van der Waals surface area contributed by atoms with Gasteiger partial charge in [0.15, 0.2) is 0 Å². The molecule has 21 heavy (non-hydrogen) atoms. The molecule has 118 valence electrons. The topological polar surface area (TPSA) is 50.3 Å². The second-order valence-corrected chi connectivity index (χ2v) is 7.34. The van der Waals surface area contributed by atoms with Crippen LogP contribution in [0, 0.1) is 0 Å². The van der Waals surface area contributed by atoms with Gasteiger partial charge in [-0.15, -0.1) is 0 Å². The van der Waals surface area contributed by atoms with Crippen molar-refractivity contribution >= 4 is 11.6 Å². The molecule has 0 unspecified atom stereocenters. The molecule has 0 spiro atoms. The zero-order chi connectivity index (χ0) is 15.8. The third-order valence-corrected chi connectivity index (χ3v) is 3.67. The van der Waals surface area contributed by atoms with E-state index >= 15 is 0 Å². The van der Waals surface area contributed by atoms with Crippen molar-refractivity contribution in [3.05, 3.63) is 11.9 Å². The fraction of sp³-hybridized carbons (Fsp3) is 0.750. The maximum Gasteiger partial charge on any atom is 0.137 e. The summed E-state index contributed by atoms with van der Waals surface area (Å²) in [4.78, 5) is 11.3. The van der Waals surface area contributed by atoms with Gasteiger partial charge in [0.1, 0.15) is 18.0 Å². The Hall–Kier alpha value is -1.36. The Morgan fingerprint density at radius 2 is 1.71 bits per heavy atom. The van der Waals surface area contributed by atoms with Crippen molar-refractivity contribution in [2.45, 2.75) is 58.7 Å². The first-order chi connectivity index (χ1) is 9.65. The molecule has 0 atom stereocenters. The summed E-state index contributed by atoms with van der Waals surface area (Å²) in [6.45, 7) is 14.6. The average molecular weight is 292 g/mol. The number of anilines is 2. The van der Waals surface area contributed by atoms with Crippen LogP contribution < -0.4 is 10.2 Å². The number of morpholine rings is 1. The number of aromatic nitrogens is 2. The Morgan fingerprint density at radius 3 is 2.19 bits per heavy atom. The van der Waals surface area contributed by atoms with E-state index in [1.165, 1.54) is 5.56 Å². The first kappa shape index (κ1) is 16.0. The molecular formula is C16H28N4O. The lowest BCUT2D eigenvalue weighted by Crippen LogP contribution is -2.57. The number of hydrogen-bond acceptors (Lipinski definition) is 5. The van der Waals surface area contributed by atoms with Crippen LogP contribution in [0.3, 0.4) is 0 Å². The summed E-state index contributed by atoms with van der Waals surface area (Å²) in [6.07, 6.45) is 1.64. The molecule has 5 nitrogen and oxygen atoms in total. The monoisotopic (exact) mass is 292 g/mol. The van der Waals surface area contributed by atoms with Crippen LogP contribution in [0.2, 0.25) is 0 Å². The van der Waals surface area contributed by atoms with Gasteiger partial charge in [-0.1, -0.05) is 13.8 Å². The van der Waals surface area contributed by atoms with Crippen LogP contribution >= 0.6 is 0 Å². The average Bonchev–Trinajstić information content (AvgIpc) is 2.33. The standard InChI is InChI=1S/C16H28N4O/c1-11(2)12-13(17-7)18-10-19-14(12)20-8-15(3,4)21-16(5,6)9-20/h10-11H,8-9H2,1-7H3,(H,17,18,19). The Balaban J connectivity index is 2.46. The predicted octanol–water partition coefficient (Wildman–Crippen LogP) is 3.04. The van der Waals surface area contributed by atoms with Crippen molar-refractivity contribution in [1.29, 1.82) is 0 Å². The smallest absolute Gasteiger partial charge is 0.137 e. The molecule has 1 aromatic rings. The van der Waals surface area contributed by atoms with E-state index in [1.807, 2.05) is 7.05 Å². The van der Waals surface area contributed by atoms with Gasteiger partial charge in [0.05, 0.1) is 11.2 Å². The van der Waals surface area contributed by atoms with Crippen molar-refractivity contribution in [2.75, 3.05) is 30.4 Å². The molecule has 1 aliphatic heterocycles. The molecule has 0 bridgehead atoms. The van der Waals surface area contributed by atoms with E-state index in [-0.39, 0.29) is 11.2 Å². The number of hydrogen-bond donors (Lipinski definition) is 1. The van der Waals surface area contributed by atoms with E-state index in [0.29, 0.717) is 5.92 Å². The molecule has 2 heterocycles. The zero-order valence-corrected chi connectivity index (χ0v) is 14.3. The van der Waals surface area contributed by atoms with Crippen LogP contribution in [0.25, 0.3) is 0 Å². The van der Waals surface area contributed by atoms with E-state index in [1.54, 1.807) is 6.33 Å². The highest BCUT2D eigenvalue weighted by atomic mass is 16.5. The SMILES string of the molecule is CNc1ncnc(N2CC(C)(C)OC(C)(C)C2)c1C(C)C. The Bertz CT molecular complexity index is 495. The summed E-state index contributed by atoms with van der Waals surface area (Å²) >= 11 is 0. The van der Waals surface area contributed by atoms with Crippen LogP contribution in [0.4, 0.5) is 11.6 Å². The molecule has 1 aliphatic rings. The molecule has 1 fully saturated rings. The van der Waals surface area contributed by atoms with Crippen molar-refractivity contribution in [2.24, 2.45) is 0 Å². The van der Waals surface area contributed by atoms with Gasteiger partial charge >= 0.3 is 0 Å². The lowest BCUT2D eigenvalue weighted by Gasteiger charge is -2.48. The summed E-state index contributed by atoms with van der Waals surface area (Å²) in [6, 6.07) is 0. The highest BCUT2D eigenvalue weighted by molar-refractivity contribution is 5.60. The maximum atomic E-state index is 6.17. The first-order valence-corrected chi connectivity index (χ1v) is 7.63. The largest absolute Gasteiger partial charge is 0.373 e. The minimum Gasteiger partial charge on any atom is -0.373 e. The fourth-order valence-corrected chi connectivity index (χ4v) is 3.31. The van der Waals surface area contributed by atoms with Gasteiger partial charge in [-0.25, -0.2) is 9.97 Å². The number of nitrogens with zero attached hydrogens (tertiary/aromatic N) is 3. The van der Waals surface area contributed by atoms with Crippen LogP contribution in [0.15, 0.2) is 6.33 Å². The first-order valence-electron chi connectivity index (χ1n) is 7.63. The molecule has 1 aromatic heterocycles. The molecule has 0 saturated carbocycles. The summed E-state index contributed by atoms with van der Waals surface area (Å²) in [7, 11) is 1.91. The molecule has 0 aromatic carbocycles. The van der Waals surface area contributed by atoms with Crippen LogP contribution in [-0.4, -0.2) is 41.3 Å². The highest BCUT2D eigenvalue weighted by Crippen LogP contribution is 2.36. The Morgan fingerprint density at radius 1 is 1.14 bits per heavy atom. The molecule has 0 aliphatic carbocycles. The van der Waals surface area contributed by atoms with E-state index in [2.05, 4.69) is 61.7 Å². The highest BCUT2D eigenvalue weighted by Gasteiger charge is 2.39. The lowest BCUT2D eigenvalue weighted by molar-refractivity contribution is -0.133. The molecule has 0 amide bonds. The normalized spacial score (nSPS) is 20.7. The van der Waals surface area contributed by atoms with E-state index < -0.39 is 0 Å². The third kappa shape index (κ3) is 3.46. The van der Waals surface area contributed by atoms with Gasteiger partial charge in [0.25, 0.3) is 0 Å². The molecular weight excluding hydrogens is 264 g/mol. The Kier molecular flexibility index (Phi) is 4.15. The number of nitrogens with one attached hydrogen (secondary N) is 1. The molecule has 0 radical (unpaired) electrons. The molecule has 1 saturated heterocycles. The van der Waals surface area contributed by atoms with E-state index in [4.69, 9.17) is 4.74 Å². The molecule has 2 rings (SSSR count). The number of ether oxygens (including phenoxy) is 1. The van der Waals surface area contributed by atoms with E-state index in [0.717, 1.165) is 24.7 Å². The fourth-order valence-electron chi connectivity index (χ4n) is 3.31. The van der Waals surface area contributed by atoms with Gasteiger partial charge in [-0.05, 0) is 33.6 Å². The van der Waals surface area contributed by atoms with Crippen LogP contribution in [0.1, 0.15) is 53.0 Å². The van der Waals surface area contributed by atoms with Gasteiger partial charge < -0.3 is 15.0 Å². The lowest BCUT2D eigenvalue weighted by atomic mass is 9.97. The Labute approximate surface area is 128 Å². The van der Waals surface area contributed by atoms with Gasteiger partial charge in [0, 0.05) is 25.7 Å². The van der Waals surface area contributed by atoms with Gasteiger partial charge in [-0.3, -0.25) is 0 Å². The van der Waals surface area contributed by atoms with Crippen molar-refractivity contribution < 1.29 is 4.74 Å². The zero-order valence-electron chi connectivity index (χ0n) is 14.3. The maximum absolute atomic E-state index is 6.17. The van der Waals surface area contributed by atoms with Gasteiger partial charge in [0.2, 0.25) is 0 Å².